The predicted molar refractivity (Wildman–Crippen MR) is 122 cm³/mol. The summed E-state index contributed by atoms with van der Waals surface area (Å²) in [5, 5.41) is 8.14. The van der Waals surface area contributed by atoms with Gasteiger partial charge in [0.2, 0.25) is 0 Å². The molecule has 1 amide bonds. The Morgan fingerprint density at radius 3 is 2.63 bits per heavy atom. The molecule has 0 saturated carbocycles. The molecule has 0 aliphatic heterocycles. The fraction of sp³-hybridized carbons (Fsp3) is 0. The van der Waals surface area contributed by atoms with Crippen molar-refractivity contribution >= 4 is 48.5 Å². The monoisotopic (exact) mass is 475 g/mol. The number of thiazole rings is 1. The van der Waals surface area contributed by atoms with Crippen LogP contribution in [0.3, 0.4) is 0 Å². The number of hydrogen-bond acceptors (Lipinski definition) is 5. The number of rotatable bonds is 4. The first kappa shape index (κ1) is 18.7. The molecule has 0 bridgehead atoms. The highest BCUT2D eigenvalue weighted by Gasteiger charge is 2.20. The van der Waals surface area contributed by atoms with Crippen LogP contribution >= 0.6 is 27.3 Å². The number of carbonyl (C=O) groups is 1. The van der Waals surface area contributed by atoms with E-state index in [1.54, 1.807) is 23.3 Å². The minimum atomic E-state index is -0.262. The molecule has 8 heteroatoms. The summed E-state index contributed by atoms with van der Waals surface area (Å²) in [4.78, 5) is 21.8. The molecule has 0 radical (unpaired) electrons. The van der Waals surface area contributed by atoms with Crippen molar-refractivity contribution in [1.82, 2.24) is 19.7 Å². The van der Waals surface area contributed by atoms with E-state index < -0.39 is 0 Å². The van der Waals surface area contributed by atoms with E-state index in [-0.39, 0.29) is 5.91 Å². The summed E-state index contributed by atoms with van der Waals surface area (Å²) in [6.07, 6.45) is 5.11. The Bertz CT molecular complexity index is 1350. The second kappa shape index (κ2) is 7.81. The molecule has 30 heavy (non-hydrogen) atoms. The maximum Gasteiger partial charge on any atom is 0.261 e. The van der Waals surface area contributed by atoms with Gasteiger partial charge in [-0.1, -0.05) is 45.5 Å². The van der Waals surface area contributed by atoms with Crippen molar-refractivity contribution in [3.05, 3.63) is 89.3 Å². The highest BCUT2D eigenvalue weighted by Crippen LogP contribution is 2.30. The molecule has 2 aromatic carbocycles. The van der Waals surface area contributed by atoms with Crippen LogP contribution in [-0.4, -0.2) is 25.7 Å². The molecule has 0 spiro atoms. The summed E-state index contributed by atoms with van der Waals surface area (Å²) in [6, 6.07) is 19.2. The maximum atomic E-state index is 13.2. The molecule has 3 heterocycles. The fourth-order valence-corrected chi connectivity index (χ4v) is 4.51. The quantitative estimate of drug-likeness (QED) is 0.369. The molecule has 5 rings (SSSR count). The summed E-state index contributed by atoms with van der Waals surface area (Å²) in [7, 11) is 0. The van der Waals surface area contributed by atoms with Gasteiger partial charge in [-0.3, -0.25) is 15.1 Å². The Labute approximate surface area is 184 Å². The number of nitrogens with one attached hydrogen (secondary N) is 1. The summed E-state index contributed by atoms with van der Waals surface area (Å²) in [6.45, 7) is 0. The third-order valence-corrected chi connectivity index (χ3v) is 5.93. The number of amides is 1. The maximum absolute atomic E-state index is 13.2. The van der Waals surface area contributed by atoms with E-state index in [2.05, 4.69) is 36.3 Å². The van der Waals surface area contributed by atoms with Crippen molar-refractivity contribution in [3.8, 4) is 16.9 Å². The van der Waals surface area contributed by atoms with E-state index in [9.17, 15) is 4.79 Å². The lowest BCUT2D eigenvalue weighted by molar-refractivity contribution is 0.102. The molecule has 1 N–H and O–H groups in total. The van der Waals surface area contributed by atoms with Crippen LogP contribution in [0.5, 0.6) is 0 Å². The third-order valence-electron chi connectivity index (χ3n) is 4.50. The van der Waals surface area contributed by atoms with Gasteiger partial charge in [-0.15, -0.1) is 0 Å². The van der Waals surface area contributed by atoms with Crippen molar-refractivity contribution in [2.24, 2.45) is 0 Å². The number of halogens is 1. The van der Waals surface area contributed by atoms with Crippen LogP contribution in [0.25, 0.3) is 27.2 Å². The number of hydrogen-bond donors (Lipinski definition) is 1. The van der Waals surface area contributed by atoms with Gasteiger partial charge in [0, 0.05) is 28.6 Å². The molecular formula is C22H14BrN5OS. The molecule has 5 aromatic rings. The molecular weight excluding hydrogens is 462 g/mol. The van der Waals surface area contributed by atoms with Crippen LogP contribution in [0.4, 0.5) is 5.13 Å². The summed E-state index contributed by atoms with van der Waals surface area (Å²) in [5.41, 5.74) is 3.58. The number of benzene rings is 2. The average Bonchev–Trinajstić information content (AvgIpc) is 3.39. The molecule has 0 aliphatic rings. The van der Waals surface area contributed by atoms with Crippen molar-refractivity contribution in [3.63, 3.8) is 0 Å². The Morgan fingerprint density at radius 2 is 1.83 bits per heavy atom. The summed E-state index contributed by atoms with van der Waals surface area (Å²) >= 11 is 4.89. The normalized spacial score (nSPS) is 11.0. The molecule has 0 unspecified atom stereocenters. The standard InChI is InChI=1S/C22H14BrN5OS/c23-15-6-7-18-19(12-15)30-22(25-18)26-21(29)17-13-28(16-4-2-1-3-5-16)27-20(17)14-8-10-24-11-9-14/h1-13H,(H,25,26,29). The minimum absolute atomic E-state index is 0.262. The molecule has 0 saturated heterocycles. The first-order chi connectivity index (χ1) is 14.7. The molecule has 3 aromatic heterocycles. The number of para-hydroxylation sites is 1. The van der Waals surface area contributed by atoms with E-state index in [1.165, 1.54) is 11.3 Å². The second-order valence-electron chi connectivity index (χ2n) is 6.49. The van der Waals surface area contributed by atoms with Crippen LogP contribution in [0.1, 0.15) is 10.4 Å². The van der Waals surface area contributed by atoms with Gasteiger partial charge in [0.1, 0.15) is 5.69 Å². The average molecular weight is 476 g/mol. The highest BCUT2D eigenvalue weighted by molar-refractivity contribution is 9.10. The lowest BCUT2D eigenvalue weighted by Gasteiger charge is -2.02. The van der Waals surface area contributed by atoms with E-state index in [4.69, 9.17) is 0 Å². The number of fused-ring (bicyclic) bond motifs is 1. The molecule has 0 aliphatic carbocycles. The Kier molecular flexibility index (Phi) is 4.86. The van der Waals surface area contributed by atoms with Gasteiger partial charge < -0.3 is 0 Å². The van der Waals surface area contributed by atoms with Gasteiger partial charge >= 0.3 is 0 Å². The molecule has 146 valence electrons. The van der Waals surface area contributed by atoms with Crippen molar-refractivity contribution in [1.29, 1.82) is 0 Å². The van der Waals surface area contributed by atoms with Crippen LogP contribution < -0.4 is 5.32 Å². The van der Waals surface area contributed by atoms with Gasteiger partial charge in [-0.05, 0) is 42.5 Å². The minimum Gasteiger partial charge on any atom is -0.298 e. The van der Waals surface area contributed by atoms with E-state index in [0.717, 1.165) is 25.9 Å². The lowest BCUT2D eigenvalue weighted by Crippen LogP contribution is -2.12. The van der Waals surface area contributed by atoms with E-state index in [0.29, 0.717) is 16.4 Å². The zero-order chi connectivity index (χ0) is 20.5. The first-order valence-corrected chi connectivity index (χ1v) is 10.7. The highest BCUT2D eigenvalue weighted by atomic mass is 79.9. The van der Waals surface area contributed by atoms with Crippen molar-refractivity contribution < 1.29 is 4.79 Å². The van der Waals surface area contributed by atoms with Crippen LogP contribution in [-0.2, 0) is 0 Å². The Balaban J connectivity index is 1.54. The fourth-order valence-electron chi connectivity index (χ4n) is 3.09. The van der Waals surface area contributed by atoms with Crippen LogP contribution in [0, 0.1) is 0 Å². The van der Waals surface area contributed by atoms with Crippen LogP contribution in [0.15, 0.2) is 83.7 Å². The third kappa shape index (κ3) is 3.62. The van der Waals surface area contributed by atoms with Crippen molar-refractivity contribution in [2.45, 2.75) is 0 Å². The second-order valence-corrected chi connectivity index (χ2v) is 8.44. The predicted octanol–water partition coefficient (Wildman–Crippen LogP) is 5.56. The molecule has 0 atom stereocenters. The molecule has 0 fully saturated rings. The number of nitrogens with zero attached hydrogens (tertiary/aromatic N) is 4. The largest absolute Gasteiger partial charge is 0.298 e. The van der Waals surface area contributed by atoms with Gasteiger partial charge in [0.05, 0.1) is 21.5 Å². The SMILES string of the molecule is O=C(Nc1nc2ccc(Br)cc2s1)c1cn(-c2ccccc2)nc1-c1ccncc1. The first-order valence-electron chi connectivity index (χ1n) is 9.10. The summed E-state index contributed by atoms with van der Waals surface area (Å²) < 4.78 is 3.68. The smallest absolute Gasteiger partial charge is 0.261 e. The van der Waals surface area contributed by atoms with Gasteiger partial charge in [-0.2, -0.15) is 5.10 Å². The topological polar surface area (TPSA) is 72.7 Å². The van der Waals surface area contributed by atoms with Gasteiger partial charge in [-0.25, -0.2) is 9.67 Å². The van der Waals surface area contributed by atoms with Gasteiger partial charge in [0.25, 0.3) is 5.91 Å². The number of pyridine rings is 1. The molecule has 6 nitrogen and oxygen atoms in total. The Hall–Kier alpha value is -3.36. The van der Waals surface area contributed by atoms with Crippen LogP contribution in [0.2, 0.25) is 0 Å². The zero-order valence-electron chi connectivity index (χ0n) is 15.5. The number of anilines is 1. The van der Waals surface area contributed by atoms with E-state index in [1.807, 2.05) is 60.7 Å². The lowest BCUT2D eigenvalue weighted by atomic mass is 10.1. The number of aromatic nitrogens is 4. The van der Waals surface area contributed by atoms with Crippen molar-refractivity contribution in [2.75, 3.05) is 5.32 Å². The van der Waals surface area contributed by atoms with E-state index >= 15 is 0 Å². The Morgan fingerprint density at radius 1 is 1.03 bits per heavy atom. The van der Waals surface area contributed by atoms with Gasteiger partial charge in [0.15, 0.2) is 5.13 Å². The summed E-state index contributed by atoms with van der Waals surface area (Å²) in [5.74, 6) is -0.262. The zero-order valence-corrected chi connectivity index (χ0v) is 17.9. The number of carbonyl (C=O) groups excluding carboxylic acids is 1.